The third-order valence-corrected chi connectivity index (χ3v) is 3.30. The second-order valence-electron chi connectivity index (χ2n) is 4.95. The third-order valence-electron chi connectivity index (χ3n) is 3.30. The molecule has 0 spiro atoms. The smallest absolute Gasteiger partial charge is 0.0774 e. The molecule has 0 atom stereocenters. The van der Waals surface area contributed by atoms with Crippen molar-refractivity contribution in [1.82, 2.24) is 4.90 Å². The lowest BCUT2D eigenvalue weighted by Gasteiger charge is -2.35. The zero-order valence-corrected chi connectivity index (χ0v) is 10.0. The minimum Gasteiger partial charge on any atom is -0.389 e. The average Bonchev–Trinajstić information content (AvgIpc) is 2.18. The number of rotatable bonds is 6. The number of hydrogen-bond donors (Lipinski definition) is 1. The van der Waals surface area contributed by atoms with E-state index in [1.807, 2.05) is 6.08 Å². The Morgan fingerprint density at radius 2 is 2.00 bits per heavy atom. The van der Waals surface area contributed by atoms with Gasteiger partial charge in [-0.3, -0.25) is 0 Å². The highest BCUT2D eigenvalue weighted by molar-refractivity contribution is 4.84. The Balaban J connectivity index is 2.22. The molecule has 1 N–H and O–H groups in total. The van der Waals surface area contributed by atoms with Crippen molar-refractivity contribution < 1.29 is 5.11 Å². The van der Waals surface area contributed by atoms with E-state index in [0.29, 0.717) is 0 Å². The summed E-state index contributed by atoms with van der Waals surface area (Å²) in [5, 5.41) is 10.3. The number of nitrogens with zero attached hydrogens (tertiary/aromatic N) is 1. The Hall–Kier alpha value is -0.340. The second kappa shape index (κ2) is 6.29. The molecule has 88 valence electrons. The number of unbranched alkanes of at least 4 members (excludes halogenated alkanes) is 1. The van der Waals surface area contributed by atoms with Crippen molar-refractivity contribution >= 4 is 0 Å². The molecule has 0 aromatic heterocycles. The van der Waals surface area contributed by atoms with E-state index in [1.165, 1.54) is 19.3 Å². The first kappa shape index (κ1) is 12.7. The lowest BCUT2D eigenvalue weighted by Crippen LogP contribution is -2.43. The summed E-state index contributed by atoms with van der Waals surface area (Å²) in [7, 11) is 2.11. The Bertz CT molecular complexity index is 185. The molecule has 1 fully saturated rings. The lowest BCUT2D eigenvalue weighted by molar-refractivity contribution is -0.0209. The zero-order chi connectivity index (χ0) is 11.1. The van der Waals surface area contributed by atoms with Crippen LogP contribution < -0.4 is 0 Å². The average molecular weight is 211 g/mol. The van der Waals surface area contributed by atoms with Gasteiger partial charge in [-0.25, -0.2) is 0 Å². The highest BCUT2D eigenvalue weighted by Gasteiger charge is 2.29. The molecule has 0 heterocycles. The highest BCUT2D eigenvalue weighted by Crippen LogP contribution is 2.28. The molecular weight excluding hydrogens is 186 g/mol. The highest BCUT2D eigenvalue weighted by atomic mass is 16.3. The van der Waals surface area contributed by atoms with Crippen LogP contribution >= 0.6 is 0 Å². The van der Waals surface area contributed by atoms with E-state index in [9.17, 15) is 5.11 Å². The van der Waals surface area contributed by atoms with E-state index in [1.54, 1.807) is 0 Å². The van der Waals surface area contributed by atoms with Crippen LogP contribution in [0.2, 0.25) is 0 Å². The number of likely N-dealkylation sites (N-methyl/N-ethyl adjacent to an activating group) is 1. The fourth-order valence-corrected chi connectivity index (χ4v) is 2.46. The van der Waals surface area contributed by atoms with Gasteiger partial charge in [0.05, 0.1) is 5.60 Å². The number of hydrogen-bond acceptors (Lipinski definition) is 2. The van der Waals surface area contributed by atoms with Crippen molar-refractivity contribution in [2.75, 3.05) is 20.1 Å². The van der Waals surface area contributed by atoms with E-state index >= 15 is 0 Å². The van der Waals surface area contributed by atoms with Crippen molar-refractivity contribution in [1.29, 1.82) is 0 Å². The van der Waals surface area contributed by atoms with Crippen LogP contribution in [-0.2, 0) is 0 Å². The molecule has 1 rings (SSSR count). The summed E-state index contributed by atoms with van der Waals surface area (Å²) >= 11 is 0. The van der Waals surface area contributed by atoms with E-state index in [4.69, 9.17) is 0 Å². The molecular formula is C13H25NO. The summed E-state index contributed by atoms with van der Waals surface area (Å²) in [6.45, 7) is 5.62. The Kier molecular flexibility index (Phi) is 5.34. The van der Waals surface area contributed by atoms with Crippen LogP contribution in [0.4, 0.5) is 0 Å². The van der Waals surface area contributed by atoms with E-state index in [-0.39, 0.29) is 0 Å². The fraction of sp³-hybridized carbons (Fsp3) is 0.846. The molecule has 0 aliphatic heterocycles. The lowest BCUT2D eigenvalue weighted by atomic mass is 9.84. The molecule has 1 saturated carbocycles. The molecule has 1 aliphatic carbocycles. The Morgan fingerprint density at radius 1 is 1.33 bits per heavy atom. The van der Waals surface area contributed by atoms with Crippen molar-refractivity contribution in [2.45, 2.75) is 50.5 Å². The maximum absolute atomic E-state index is 10.3. The summed E-state index contributed by atoms with van der Waals surface area (Å²) in [5.41, 5.74) is -0.402. The van der Waals surface area contributed by atoms with Crippen LogP contribution in [0.25, 0.3) is 0 Å². The van der Waals surface area contributed by atoms with Gasteiger partial charge in [-0.05, 0) is 39.3 Å². The minimum atomic E-state index is -0.402. The summed E-state index contributed by atoms with van der Waals surface area (Å²) in [6, 6.07) is 0. The molecule has 0 radical (unpaired) electrons. The van der Waals surface area contributed by atoms with Gasteiger partial charge in [0.25, 0.3) is 0 Å². The summed E-state index contributed by atoms with van der Waals surface area (Å²) in [5.74, 6) is 0. The fourth-order valence-electron chi connectivity index (χ4n) is 2.46. The monoisotopic (exact) mass is 211 g/mol. The van der Waals surface area contributed by atoms with Crippen molar-refractivity contribution in [3.05, 3.63) is 12.7 Å². The molecule has 0 aromatic carbocycles. The van der Waals surface area contributed by atoms with Crippen LogP contribution in [0.5, 0.6) is 0 Å². The van der Waals surface area contributed by atoms with Gasteiger partial charge in [-0.2, -0.15) is 0 Å². The third kappa shape index (κ3) is 4.80. The summed E-state index contributed by atoms with van der Waals surface area (Å²) in [6.07, 6.45) is 9.83. The summed E-state index contributed by atoms with van der Waals surface area (Å²) in [4.78, 5) is 2.26. The van der Waals surface area contributed by atoms with E-state index in [2.05, 4.69) is 18.5 Å². The van der Waals surface area contributed by atoms with Gasteiger partial charge in [-0.1, -0.05) is 25.3 Å². The first-order chi connectivity index (χ1) is 7.16. The maximum Gasteiger partial charge on any atom is 0.0774 e. The molecule has 2 nitrogen and oxygen atoms in total. The van der Waals surface area contributed by atoms with Gasteiger partial charge in [0, 0.05) is 6.54 Å². The van der Waals surface area contributed by atoms with Gasteiger partial charge in [0.2, 0.25) is 0 Å². The van der Waals surface area contributed by atoms with Crippen LogP contribution in [0.3, 0.4) is 0 Å². The van der Waals surface area contributed by atoms with Gasteiger partial charge in [0.15, 0.2) is 0 Å². The maximum atomic E-state index is 10.3. The summed E-state index contributed by atoms with van der Waals surface area (Å²) < 4.78 is 0. The van der Waals surface area contributed by atoms with Gasteiger partial charge < -0.3 is 10.0 Å². The SMILES string of the molecule is C=CCCCN(C)CC1(O)CCCCC1. The number of allylic oxidation sites excluding steroid dienone is 1. The van der Waals surface area contributed by atoms with Crippen LogP contribution in [0, 0.1) is 0 Å². The van der Waals surface area contributed by atoms with Gasteiger partial charge in [-0.15, -0.1) is 6.58 Å². The van der Waals surface area contributed by atoms with Crippen LogP contribution in [0.1, 0.15) is 44.9 Å². The van der Waals surface area contributed by atoms with Crippen LogP contribution in [0.15, 0.2) is 12.7 Å². The molecule has 1 aliphatic rings. The molecule has 0 saturated heterocycles. The molecule has 0 unspecified atom stereocenters. The molecule has 0 amide bonds. The predicted octanol–water partition coefficient (Wildman–Crippen LogP) is 2.58. The Morgan fingerprint density at radius 3 is 2.60 bits per heavy atom. The minimum absolute atomic E-state index is 0.402. The quantitative estimate of drug-likeness (QED) is 0.539. The van der Waals surface area contributed by atoms with Gasteiger partial charge >= 0.3 is 0 Å². The number of aliphatic hydroxyl groups is 1. The van der Waals surface area contributed by atoms with Crippen molar-refractivity contribution in [3.8, 4) is 0 Å². The van der Waals surface area contributed by atoms with E-state index in [0.717, 1.165) is 38.8 Å². The molecule has 0 aromatic rings. The Labute approximate surface area is 94.0 Å². The normalized spacial score (nSPS) is 20.5. The van der Waals surface area contributed by atoms with E-state index < -0.39 is 5.60 Å². The zero-order valence-electron chi connectivity index (χ0n) is 10.0. The standard InChI is InChI=1S/C13H25NO/c1-3-4-8-11-14(2)12-13(15)9-6-5-7-10-13/h3,15H,1,4-12H2,2H3. The van der Waals surface area contributed by atoms with Crippen molar-refractivity contribution in [3.63, 3.8) is 0 Å². The van der Waals surface area contributed by atoms with Gasteiger partial charge in [0.1, 0.15) is 0 Å². The molecule has 0 bridgehead atoms. The first-order valence-corrected chi connectivity index (χ1v) is 6.18. The molecule has 15 heavy (non-hydrogen) atoms. The van der Waals surface area contributed by atoms with Crippen LogP contribution in [-0.4, -0.2) is 35.7 Å². The molecule has 2 heteroatoms. The second-order valence-corrected chi connectivity index (χ2v) is 4.95. The van der Waals surface area contributed by atoms with Crippen molar-refractivity contribution in [2.24, 2.45) is 0 Å². The first-order valence-electron chi connectivity index (χ1n) is 6.18. The largest absolute Gasteiger partial charge is 0.389 e. The topological polar surface area (TPSA) is 23.5 Å². The predicted molar refractivity (Wildman–Crippen MR) is 65.0 cm³/mol.